The van der Waals surface area contributed by atoms with Crippen LogP contribution in [0.15, 0.2) is 53.9 Å². The lowest BCUT2D eigenvalue weighted by molar-refractivity contribution is -0.384. The fraction of sp³-hybridized carbons (Fsp3) is 0.167. The van der Waals surface area contributed by atoms with Gasteiger partial charge in [0.25, 0.3) is 5.69 Å². The van der Waals surface area contributed by atoms with Crippen LogP contribution in [0.3, 0.4) is 0 Å². The molecule has 0 bridgehead atoms. The van der Waals surface area contributed by atoms with Gasteiger partial charge < -0.3 is 15.2 Å². The van der Waals surface area contributed by atoms with Crippen molar-refractivity contribution in [1.82, 2.24) is 0 Å². The summed E-state index contributed by atoms with van der Waals surface area (Å²) in [6.45, 7) is 1.82. The van der Waals surface area contributed by atoms with Gasteiger partial charge in [0.05, 0.1) is 17.4 Å². The van der Waals surface area contributed by atoms with E-state index in [9.17, 15) is 14.9 Å². The molecule has 0 aromatic heterocycles. The molecule has 0 amide bonds. The highest BCUT2D eigenvalue weighted by atomic mass is 35.5. The fourth-order valence-corrected chi connectivity index (χ4v) is 3.08. The van der Waals surface area contributed by atoms with Gasteiger partial charge in [0.1, 0.15) is 11.3 Å². The smallest absolute Gasteiger partial charge is 0.340 e. The van der Waals surface area contributed by atoms with Crippen LogP contribution in [0.25, 0.3) is 0 Å². The second-order valence-corrected chi connectivity index (χ2v) is 6.00. The zero-order valence-corrected chi connectivity index (χ0v) is 14.5. The molecule has 1 heterocycles. The van der Waals surface area contributed by atoms with E-state index >= 15 is 0 Å². The maximum atomic E-state index is 12.5. The summed E-state index contributed by atoms with van der Waals surface area (Å²) in [5.41, 5.74) is 7.06. The zero-order chi connectivity index (χ0) is 18.8. The number of hydrogen-bond acceptors (Lipinski definition) is 6. The van der Waals surface area contributed by atoms with Crippen LogP contribution < -0.4 is 10.5 Å². The van der Waals surface area contributed by atoms with Crippen molar-refractivity contribution in [1.29, 1.82) is 0 Å². The molecule has 1 aliphatic heterocycles. The van der Waals surface area contributed by atoms with Crippen LogP contribution >= 0.6 is 11.6 Å². The van der Waals surface area contributed by atoms with E-state index in [0.717, 1.165) is 0 Å². The molecule has 0 aliphatic carbocycles. The predicted octanol–water partition coefficient (Wildman–Crippen LogP) is 3.51. The second-order valence-electron chi connectivity index (χ2n) is 5.57. The van der Waals surface area contributed by atoms with E-state index in [1.54, 1.807) is 37.3 Å². The number of nitro groups is 1. The number of halogens is 1. The number of non-ortho nitro benzene ring substituents is 1. The number of carbonyl (C=O) groups is 1. The summed E-state index contributed by atoms with van der Waals surface area (Å²) in [4.78, 5) is 23.1. The molecule has 1 atom stereocenters. The van der Waals surface area contributed by atoms with Crippen LogP contribution in [0.2, 0.25) is 5.02 Å². The first-order valence-corrected chi connectivity index (χ1v) is 8.18. The number of rotatable bonds is 4. The minimum Gasteiger partial charge on any atom is -0.462 e. The lowest BCUT2D eigenvalue weighted by atomic mass is 9.83. The lowest BCUT2D eigenvalue weighted by Gasteiger charge is -2.28. The highest BCUT2D eigenvalue weighted by Crippen LogP contribution is 2.44. The largest absolute Gasteiger partial charge is 0.462 e. The zero-order valence-electron chi connectivity index (χ0n) is 13.8. The molecule has 8 heteroatoms. The van der Waals surface area contributed by atoms with Crippen molar-refractivity contribution in [3.63, 3.8) is 0 Å². The summed E-state index contributed by atoms with van der Waals surface area (Å²) in [7, 11) is 0. The van der Waals surface area contributed by atoms with Gasteiger partial charge in [-0.3, -0.25) is 10.1 Å². The predicted molar refractivity (Wildman–Crippen MR) is 94.9 cm³/mol. The summed E-state index contributed by atoms with van der Waals surface area (Å²) in [6.07, 6.45) is 0. The molecule has 134 valence electrons. The average molecular weight is 375 g/mol. The molecule has 0 spiro atoms. The average Bonchev–Trinajstić information content (AvgIpc) is 2.61. The first-order chi connectivity index (χ1) is 12.4. The molecule has 0 radical (unpaired) electrons. The summed E-state index contributed by atoms with van der Waals surface area (Å²) < 4.78 is 10.7. The number of fused-ring (bicyclic) bond motifs is 1. The van der Waals surface area contributed by atoms with E-state index < -0.39 is 16.8 Å². The number of nitrogens with zero attached hydrogens (tertiary/aromatic N) is 1. The molecule has 7 nitrogen and oxygen atoms in total. The number of nitro benzene ring substituents is 1. The topological polar surface area (TPSA) is 105 Å². The van der Waals surface area contributed by atoms with Gasteiger partial charge in [-0.2, -0.15) is 0 Å². The van der Waals surface area contributed by atoms with E-state index in [1.807, 2.05) is 0 Å². The Balaban J connectivity index is 2.22. The van der Waals surface area contributed by atoms with Crippen molar-refractivity contribution >= 4 is 23.3 Å². The summed E-state index contributed by atoms with van der Waals surface area (Å²) in [5, 5.41) is 11.6. The van der Waals surface area contributed by atoms with Gasteiger partial charge in [-0.25, -0.2) is 4.79 Å². The maximum Gasteiger partial charge on any atom is 0.340 e. The van der Waals surface area contributed by atoms with Crippen molar-refractivity contribution in [3.8, 4) is 5.75 Å². The molecule has 0 saturated heterocycles. The van der Waals surface area contributed by atoms with Crippen LogP contribution in [0.5, 0.6) is 5.75 Å². The summed E-state index contributed by atoms with van der Waals surface area (Å²) in [6, 6.07) is 10.9. The van der Waals surface area contributed by atoms with E-state index in [2.05, 4.69) is 0 Å². The van der Waals surface area contributed by atoms with E-state index in [-0.39, 0.29) is 23.8 Å². The molecule has 3 rings (SSSR count). The van der Waals surface area contributed by atoms with Crippen LogP contribution in [0.1, 0.15) is 24.0 Å². The fourth-order valence-electron chi connectivity index (χ4n) is 2.90. The Labute approximate surface area is 154 Å². The summed E-state index contributed by atoms with van der Waals surface area (Å²) >= 11 is 6.11. The van der Waals surface area contributed by atoms with Crippen LogP contribution in [-0.2, 0) is 9.53 Å². The quantitative estimate of drug-likeness (QED) is 0.499. The van der Waals surface area contributed by atoms with E-state index in [4.69, 9.17) is 26.8 Å². The highest BCUT2D eigenvalue weighted by Gasteiger charge is 2.36. The van der Waals surface area contributed by atoms with Gasteiger partial charge in [-0.15, -0.1) is 0 Å². The molecule has 0 fully saturated rings. The van der Waals surface area contributed by atoms with E-state index in [1.165, 1.54) is 12.1 Å². The Morgan fingerprint density at radius 2 is 2.12 bits per heavy atom. The van der Waals surface area contributed by atoms with Crippen molar-refractivity contribution in [2.24, 2.45) is 5.73 Å². The molecule has 0 saturated carbocycles. The number of hydrogen-bond donors (Lipinski definition) is 1. The van der Waals surface area contributed by atoms with Crippen LogP contribution in [0.4, 0.5) is 5.69 Å². The number of ether oxygens (including phenoxy) is 2. The van der Waals surface area contributed by atoms with Crippen molar-refractivity contribution in [3.05, 3.63) is 80.2 Å². The molecule has 26 heavy (non-hydrogen) atoms. The maximum absolute atomic E-state index is 12.5. The minimum atomic E-state index is -0.698. The summed E-state index contributed by atoms with van der Waals surface area (Å²) in [5.74, 6) is -1.02. The molecule has 2 N–H and O–H groups in total. The Kier molecular flexibility index (Phi) is 4.81. The van der Waals surface area contributed by atoms with Crippen molar-refractivity contribution in [2.45, 2.75) is 12.8 Å². The number of nitrogens with two attached hydrogens (primary N) is 1. The Bertz CT molecular complexity index is 926. The van der Waals surface area contributed by atoms with Gasteiger partial charge in [0, 0.05) is 22.7 Å². The second kappa shape index (κ2) is 7.05. The molecule has 1 aliphatic rings. The van der Waals surface area contributed by atoms with Gasteiger partial charge in [0.2, 0.25) is 5.88 Å². The highest BCUT2D eigenvalue weighted by molar-refractivity contribution is 6.30. The molecular weight excluding hydrogens is 360 g/mol. The van der Waals surface area contributed by atoms with Crippen molar-refractivity contribution < 1.29 is 19.2 Å². The van der Waals surface area contributed by atoms with E-state index in [0.29, 0.717) is 21.9 Å². The molecule has 2 aromatic rings. The van der Waals surface area contributed by atoms with Gasteiger partial charge in [0.15, 0.2) is 0 Å². The van der Waals surface area contributed by atoms with Crippen LogP contribution in [0, 0.1) is 10.1 Å². The van der Waals surface area contributed by atoms with Gasteiger partial charge in [-0.05, 0) is 30.7 Å². The lowest BCUT2D eigenvalue weighted by Crippen LogP contribution is -2.27. The normalized spacial score (nSPS) is 15.8. The third kappa shape index (κ3) is 3.21. The van der Waals surface area contributed by atoms with Crippen molar-refractivity contribution in [2.75, 3.05) is 6.61 Å². The number of benzene rings is 2. The Morgan fingerprint density at radius 3 is 2.81 bits per heavy atom. The molecule has 1 unspecified atom stereocenters. The Morgan fingerprint density at radius 1 is 1.35 bits per heavy atom. The molecular formula is C18H15ClN2O5. The minimum absolute atomic E-state index is 0.0853. The Hall–Kier alpha value is -3.06. The first-order valence-electron chi connectivity index (χ1n) is 7.80. The monoisotopic (exact) mass is 374 g/mol. The van der Waals surface area contributed by atoms with Crippen LogP contribution in [-0.4, -0.2) is 17.5 Å². The number of carbonyl (C=O) groups excluding carboxylic acids is 1. The third-order valence-corrected chi connectivity index (χ3v) is 4.20. The van der Waals surface area contributed by atoms with Gasteiger partial charge >= 0.3 is 5.97 Å². The molecule has 2 aromatic carbocycles. The standard InChI is InChI=1S/C18H15ClN2O5/c1-2-25-18(22)16-15(10-4-3-5-12(8-10)21(23)24)13-9-11(19)6-7-14(13)26-17(16)20/h3-9,15H,2,20H2,1H3. The SMILES string of the molecule is CCOC(=O)C1=C(N)Oc2ccc(Cl)cc2C1c1cccc([N+](=O)[O-])c1. The third-order valence-electron chi connectivity index (χ3n) is 3.97. The number of esters is 1. The van der Waals surface area contributed by atoms with Gasteiger partial charge in [-0.1, -0.05) is 23.7 Å². The first kappa shape index (κ1) is 17.8.